The molecule has 0 atom stereocenters. The monoisotopic (exact) mass is 224 g/mol. The summed E-state index contributed by atoms with van der Waals surface area (Å²) in [5, 5.41) is 11.4. The molecule has 0 aliphatic heterocycles. The normalized spacial score (nSPS) is 9.35. The minimum atomic E-state index is -0.305. The molecule has 2 aromatic rings. The fraction of sp³-hybridized carbons (Fsp3) is 0. The molecule has 2 aromatic heterocycles. The summed E-state index contributed by atoms with van der Waals surface area (Å²) in [5.74, 6) is -0.305. The van der Waals surface area contributed by atoms with Crippen molar-refractivity contribution >= 4 is 11.6 Å². The topological polar surface area (TPSA) is 78.7 Å². The Morgan fingerprint density at radius 1 is 1.24 bits per heavy atom. The van der Waals surface area contributed by atoms with E-state index in [1.165, 1.54) is 18.5 Å². The lowest BCUT2D eigenvalue weighted by Gasteiger charge is -2.04. The van der Waals surface area contributed by atoms with E-state index in [0.29, 0.717) is 16.8 Å². The molecule has 0 aliphatic rings. The molecule has 1 amide bonds. The van der Waals surface area contributed by atoms with Crippen LogP contribution in [0.5, 0.6) is 0 Å². The number of amides is 1. The first-order valence-electron chi connectivity index (χ1n) is 4.86. The summed E-state index contributed by atoms with van der Waals surface area (Å²) in [7, 11) is 0. The van der Waals surface area contributed by atoms with Crippen LogP contribution in [0.4, 0.5) is 5.69 Å². The first kappa shape index (κ1) is 10.8. The molecule has 0 aliphatic carbocycles. The molecule has 82 valence electrons. The molecule has 0 aromatic carbocycles. The largest absolute Gasteiger partial charge is 0.322 e. The maximum atomic E-state index is 11.8. The predicted octanol–water partition coefficient (Wildman–Crippen LogP) is 1.60. The minimum absolute atomic E-state index is 0.305. The average Bonchev–Trinajstić information content (AvgIpc) is 2.40. The molecule has 1 N–H and O–H groups in total. The van der Waals surface area contributed by atoms with Gasteiger partial charge in [0.15, 0.2) is 0 Å². The fourth-order valence-electron chi connectivity index (χ4n) is 1.26. The zero-order chi connectivity index (χ0) is 12.1. The van der Waals surface area contributed by atoms with Crippen molar-refractivity contribution in [3.05, 3.63) is 54.1 Å². The third kappa shape index (κ3) is 2.63. The third-order valence-electron chi connectivity index (χ3n) is 2.07. The first-order chi connectivity index (χ1) is 8.29. The molecule has 2 heterocycles. The molecule has 17 heavy (non-hydrogen) atoms. The van der Waals surface area contributed by atoms with Gasteiger partial charge in [-0.1, -0.05) is 0 Å². The van der Waals surface area contributed by atoms with Crippen LogP contribution in [0, 0.1) is 11.3 Å². The Balaban J connectivity index is 2.18. The van der Waals surface area contributed by atoms with Crippen molar-refractivity contribution in [2.75, 3.05) is 5.32 Å². The lowest BCUT2D eigenvalue weighted by molar-refractivity contribution is 0.102. The van der Waals surface area contributed by atoms with Crippen molar-refractivity contribution < 1.29 is 4.79 Å². The van der Waals surface area contributed by atoms with E-state index in [1.807, 2.05) is 6.07 Å². The van der Waals surface area contributed by atoms with Crippen molar-refractivity contribution in [3.63, 3.8) is 0 Å². The van der Waals surface area contributed by atoms with Crippen LogP contribution in [0.25, 0.3) is 0 Å². The highest BCUT2D eigenvalue weighted by molar-refractivity contribution is 6.04. The molecule has 0 spiro atoms. The lowest BCUT2D eigenvalue weighted by atomic mass is 10.2. The van der Waals surface area contributed by atoms with Gasteiger partial charge in [-0.3, -0.25) is 14.8 Å². The van der Waals surface area contributed by atoms with Gasteiger partial charge in [0.2, 0.25) is 0 Å². The van der Waals surface area contributed by atoms with Crippen LogP contribution in [0.3, 0.4) is 0 Å². The highest BCUT2D eigenvalue weighted by atomic mass is 16.1. The molecule has 0 bridgehead atoms. The first-order valence-corrected chi connectivity index (χ1v) is 4.86. The second-order valence-corrected chi connectivity index (χ2v) is 3.26. The number of hydrogen-bond acceptors (Lipinski definition) is 4. The summed E-state index contributed by atoms with van der Waals surface area (Å²) < 4.78 is 0. The quantitative estimate of drug-likeness (QED) is 0.840. The van der Waals surface area contributed by atoms with Crippen LogP contribution in [0.15, 0.2) is 43.0 Å². The number of nitrogens with one attached hydrogen (secondary N) is 1. The molecule has 0 saturated carbocycles. The van der Waals surface area contributed by atoms with E-state index in [-0.39, 0.29) is 5.91 Å². The minimum Gasteiger partial charge on any atom is -0.322 e. The van der Waals surface area contributed by atoms with Gasteiger partial charge in [0.25, 0.3) is 5.91 Å². The average molecular weight is 224 g/mol. The lowest BCUT2D eigenvalue weighted by Crippen LogP contribution is -2.12. The predicted molar refractivity (Wildman–Crippen MR) is 61.1 cm³/mol. The van der Waals surface area contributed by atoms with Crippen molar-refractivity contribution in [2.45, 2.75) is 0 Å². The second-order valence-electron chi connectivity index (χ2n) is 3.26. The smallest absolute Gasteiger partial charge is 0.257 e. The molecule has 0 unspecified atom stereocenters. The van der Waals surface area contributed by atoms with Gasteiger partial charge >= 0.3 is 0 Å². The Labute approximate surface area is 97.8 Å². The number of nitrogens with zero attached hydrogens (tertiary/aromatic N) is 3. The van der Waals surface area contributed by atoms with Crippen molar-refractivity contribution in [1.82, 2.24) is 9.97 Å². The summed E-state index contributed by atoms with van der Waals surface area (Å²) in [4.78, 5) is 19.5. The van der Waals surface area contributed by atoms with Crippen molar-refractivity contribution in [2.24, 2.45) is 0 Å². The number of carbonyl (C=O) groups excluding carboxylic acids is 1. The van der Waals surface area contributed by atoms with Crippen LogP contribution in [0.1, 0.15) is 15.9 Å². The number of rotatable bonds is 2. The van der Waals surface area contributed by atoms with Gasteiger partial charge in [0, 0.05) is 30.5 Å². The van der Waals surface area contributed by atoms with Crippen LogP contribution >= 0.6 is 0 Å². The number of pyridine rings is 2. The summed E-state index contributed by atoms with van der Waals surface area (Å²) in [6, 6.07) is 6.78. The highest BCUT2D eigenvalue weighted by Crippen LogP contribution is 2.07. The maximum absolute atomic E-state index is 11.8. The van der Waals surface area contributed by atoms with Gasteiger partial charge in [0.1, 0.15) is 6.07 Å². The van der Waals surface area contributed by atoms with Crippen LogP contribution in [-0.4, -0.2) is 15.9 Å². The molecule has 5 nitrogen and oxygen atoms in total. The fourth-order valence-corrected chi connectivity index (χ4v) is 1.26. The summed E-state index contributed by atoms with van der Waals surface area (Å²) in [5.41, 5.74) is 1.35. The molecular formula is C12H8N4O. The molecule has 0 radical (unpaired) electrons. The maximum Gasteiger partial charge on any atom is 0.257 e. The van der Waals surface area contributed by atoms with E-state index in [0.717, 1.165) is 0 Å². The van der Waals surface area contributed by atoms with E-state index in [9.17, 15) is 4.79 Å². The van der Waals surface area contributed by atoms with Crippen molar-refractivity contribution in [1.29, 1.82) is 5.26 Å². The summed E-state index contributed by atoms with van der Waals surface area (Å²) in [6.45, 7) is 0. The SMILES string of the molecule is N#Cc1cncc(C(=O)Nc2ccncc2)c1. The van der Waals surface area contributed by atoms with Crippen molar-refractivity contribution in [3.8, 4) is 6.07 Å². The van der Waals surface area contributed by atoms with Crippen LogP contribution in [-0.2, 0) is 0 Å². The second kappa shape index (κ2) is 4.86. The Morgan fingerprint density at radius 3 is 2.71 bits per heavy atom. The van der Waals surface area contributed by atoms with Gasteiger partial charge in [-0.25, -0.2) is 0 Å². The van der Waals surface area contributed by atoms with E-state index in [2.05, 4.69) is 15.3 Å². The van der Waals surface area contributed by atoms with Gasteiger partial charge in [-0.2, -0.15) is 5.26 Å². The van der Waals surface area contributed by atoms with Crippen LogP contribution in [0.2, 0.25) is 0 Å². The van der Waals surface area contributed by atoms with E-state index < -0.39 is 0 Å². The Bertz CT molecular complexity index is 575. The molecule has 2 rings (SSSR count). The van der Waals surface area contributed by atoms with Crippen LogP contribution < -0.4 is 5.32 Å². The Morgan fingerprint density at radius 2 is 2.00 bits per heavy atom. The summed E-state index contributed by atoms with van der Waals surface area (Å²) >= 11 is 0. The zero-order valence-corrected chi connectivity index (χ0v) is 8.79. The number of hydrogen-bond donors (Lipinski definition) is 1. The van der Waals surface area contributed by atoms with Gasteiger partial charge in [-0.15, -0.1) is 0 Å². The van der Waals surface area contributed by atoms with Gasteiger partial charge < -0.3 is 5.32 Å². The van der Waals surface area contributed by atoms with E-state index >= 15 is 0 Å². The molecule has 0 saturated heterocycles. The number of carbonyl (C=O) groups is 1. The molecular weight excluding hydrogens is 216 g/mol. The van der Waals surface area contributed by atoms with Gasteiger partial charge in [-0.05, 0) is 18.2 Å². The summed E-state index contributed by atoms with van der Waals surface area (Å²) in [6.07, 6.45) is 5.99. The number of anilines is 1. The highest BCUT2D eigenvalue weighted by Gasteiger charge is 2.06. The zero-order valence-electron chi connectivity index (χ0n) is 8.79. The number of nitriles is 1. The Hall–Kier alpha value is -2.74. The molecule has 0 fully saturated rings. The third-order valence-corrected chi connectivity index (χ3v) is 2.07. The van der Waals surface area contributed by atoms with E-state index in [1.54, 1.807) is 24.5 Å². The van der Waals surface area contributed by atoms with Gasteiger partial charge in [0.05, 0.1) is 11.1 Å². The van der Waals surface area contributed by atoms with E-state index in [4.69, 9.17) is 5.26 Å². The number of aromatic nitrogens is 2. The Kier molecular flexibility index (Phi) is 3.08. The molecule has 5 heteroatoms. The standard InChI is InChI=1S/C12H8N4O/c13-6-9-5-10(8-15-7-9)12(17)16-11-1-3-14-4-2-11/h1-5,7-8H,(H,14,16,17).